The third-order valence-corrected chi connectivity index (χ3v) is 7.20. The van der Waals surface area contributed by atoms with Gasteiger partial charge in [-0.15, -0.1) is 24.0 Å². The van der Waals surface area contributed by atoms with Crippen LogP contribution in [0.15, 0.2) is 4.99 Å². The van der Waals surface area contributed by atoms with Crippen molar-refractivity contribution in [3.8, 4) is 0 Å². The fourth-order valence-corrected chi connectivity index (χ4v) is 5.33. The molecule has 0 amide bonds. The molecule has 25 heavy (non-hydrogen) atoms. The molecule has 148 valence electrons. The van der Waals surface area contributed by atoms with Gasteiger partial charge in [0, 0.05) is 48.0 Å². The molecule has 2 N–H and O–H groups in total. The van der Waals surface area contributed by atoms with Crippen molar-refractivity contribution in [1.29, 1.82) is 0 Å². The molecule has 4 atom stereocenters. The second kappa shape index (κ2) is 12.5. The molecule has 0 aromatic rings. The first-order valence-electron chi connectivity index (χ1n) is 9.72. The van der Waals surface area contributed by atoms with E-state index >= 15 is 0 Å². The number of guanidine groups is 1. The maximum atomic E-state index is 12.1. The van der Waals surface area contributed by atoms with Gasteiger partial charge in [-0.25, -0.2) is 0 Å². The molecule has 0 aromatic carbocycles. The molecule has 1 aliphatic carbocycles. The van der Waals surface area contributed by atoms with Gasteiger partial charge in [-0.2, -0.15) is 0 Å². The van der Waals surface area contributed by atoms with Crippen LogP contribution in [0.5, 0.6) is 0 Å². The fraction of sp³-hybridized carbons (Fsp3) is 0.944. The van der Waals surface area contributed by atoms with Crippen LogP contribution in [-0.4, -0.2) is 65.3 Å². The highest BCUT2D eigenvalue weighted by atomic mass is 127. The number of rotatable bonds is 6. The molecule has 5 nitrogen and oxygen atoms in total. The number of likely N-dealkylation sites (tertiary alicyclic amines) is 1. The van der Waals surface area contributed by atoms with Gasteiger partial charge >= 0.3 is 0 Å². The molecule has 2 rings (SSSR count). The average Bonchev–Trinajstić information content (AvgIpc) is 2.64. The largest absolute Gasteiger partial charge is 0.356 e. The molecule has 4 unspecified atom stereocenters. The van der Waals surface area contributed by atoms with Crippen LogP contribution in [0.2, 0.25) is 0 Å². The summed E-state index contributed by atoms with van der Waals surface area (Å²) in [6.07, 6.45) is 7.05. The molecule has 7 heteroatoms. The van der Waals surface area contributed by atoms with E-state index in [9.17, 15) is 4.21 Å². The summed E-state index contributed by atoms with van der Waals surface area (Å²) in [5.41, 5.74) is 0. The second-order valence-electron chi connectivity index (χ2n) is 7.15. The number of nitrogens with one attached hydrogen (secondary N) is 2. The van der Waals surface area contributed by atoms with Crippen LogP contribution in [0.3, 0.4) is 0 Å². The summed E-state index contributed by atoms with van der Waals surface area (Å²) in [4.78, 5) is 6.94. The monoisotopic (exact) mass is 484 g/mol. The normalized spacial score (nSPS) is 29.6. The van der Waals surface area contributed by atoms with Crippen molar-refractivity contribution in [3.05, 3.63) is 0 Å². The predicted octanol–water partition coefficient (Wildman–Crippen LogP) is 2.58. The molecule has 0 spiro atoms. The Morgan fingerprint density at radius 1 is 1.24 bits per heavy atom. The van der Waals surface area contributed by atoms with E-state index in [-0.39, 0.29) is 24.0 Å². The minimum absolute atomic E-state index is 0. The highest BCUT2D eigenvalue weighted by molar-refractivity contribution is 14.0. The van der Waals surface area contributed by atoms with Crippen molar-refractivity contribution in [3.63, 3.8) is 0 Å². The molecular weight excluding hydrogens is 447 g/mol. The van der Waals surface area contributed by atoms with Gasteiger partial charge in [0.2, 0.25) is 0 Å². The van der Waals surface area contributed by atoms with E-state index in [1.165, 1.54) is 32.4 Å². The lowest BCUT2D eigenvalue weighted by atomic mass is 9.95. The minimum Gasteiger partial charge on any atom is -0.356 e. The van der Waals surface area contributed by atoms with Crippen LogP contribution in [-0.2, 0) is 10.8 Å². The zero-order chi connectivity index (χ0) is 17.4. The van der Waals surface area contributed by atoms with E-state index in [2.05, 4.69) is 27.4 Å². The predicted molar refractivity (Wildman–Crippen MR) is 119 cm³/mol. The van der Waals surface area contributed by atoms with Gasteiger partial charge in [-0.1, -0.05) is 20.3 Å². The zero-order valence-electron chi connectivity index (χ0n) is 16.1. The Bertz CT molecular complexity index is 435. The van der Waals surface area contributed by atoms with Crippen molar-refractivity contribution in [2.24, 2.45) is 10.9 Å². The lowest BCUT2D eigenvalue weighted by Gasteiger charge is -2.33. The third kappa shape index (κ3) is 7.71. The van der Waals surface area contributed by atoms with Crippen LogP contribution in [0.25, 0.3) is 0 Å². The van der Waals surface area contributed by atoms with Crippen LogP contribution in [0, 0.1) is 5.92 Å². The van der Waals surface area contributed by atoms with Crippen molar-refractivity contribution in [2.75, 3.05) is 39.0 Å². The van der Waals surface area contributed by atoms with Gasteiger partial charge < -0.3 is 15.5 Å². The standard InChI is InChI=1S/C18H36N4OS.HI/c1-4-22-11-7-8-15(14-22)13-20-18(19-3)21-16-9-6-10-17(12-16)24(23)5-2;/h15-17H,4-14H2,1-3H3,(H2,19,20,21);1H. The summed E-state index contributed by atoms with van der Waals surface area (Å²) in [6, 6.07) is 0.406. The summed E-state index contributed by atoms with van der Waals surface area (Å²) in [5.74, 6) is 2.40. The fourth-order valence-electron chi connectivity index (χ4n) is 3.98. The lowest BCUT2D eigenvalue weighted by Crippen LogP contribution is -2.49. The number of hydrogen-bond donors (Lipinski definition) is 2. The summed E-state index contributed by atoms with van der Waals surface area (Å²) in [5, 5.41) is 7.45. The first-order valence-corrected chi connectivity index (χ1v) is 11.1. The molecule has 1 aliphatic heterocycles. The Kier molecular flexibility index (Phi) is 11.6. The molecule has 0 aromatic heterocycles. The Balaban J connectivity index is 0.00000312. The Labute approximate surface area is 173 Å². The second-order valence-corrected chi connectivity index (χ2v) is 9.16. The van der Waals surface area contributed by atoms with Gasteiger partial charge in [0.25, 0.3) is 0 Å². The summed E-state index contributed by atoms with van der Waals surface area (Å²) in [7, 11) is 1.18. The Morgan fingerprint density at radius 2 is 2.04 bits per heavy atom. The molecule has 1 saturated heterocycles. The molecule has 1 heterocycles. The number of piperidine rings is 1. The van der Waals surface area contributed by atoms with Crippen molar-refractivity contribution < 1.29 is 4.21 Å². The van der Waals surface area contributed by atoms with Gasteiger partial charge in [0.15, 0.2) is 5.96 Å². The van der Waals surface area contributed by atoms with Crippen LogP contribution >= 0.6 is 24.0 Å². The van der Waals surface area contributed by atoms with E-state index in [4.69, 9.17) is 0 Å². The first-order chi connectivity index (χ1) is 11.7. The zero-order valence-corrected chi connectivity index (χ0v) is 19.3. The molecule has 2 aliphatic rings. The molecule has 2 fully saturated rings. The highest BCUT2D eigenvalue weighted by Crippen LogP contribution is 2.23. The van der Waals surface area contributed by atoms with Crippen LogP contribution < -0.4 is 10.6 Å². The summed E-state index contributed by atoms with van der Waals surface area (Å²) < 4.78 is 12.1. The first kappa shape index (κ1) is 23.1. The van der Waals surface area contributed by atoms with Crippen molar-refractivity contribution >= 4 is 40.7 Å². The SMILES string of the molecule is CCN1CCCC(CNC(=NC)NC2CCCC(S(=O)CC)C2)C1.I. The average molecular weight is 484 g/mol. The number of aliphatic imine (C=N–C) groups is 1. The quantitative estimate of drug-likeness (QED) is 0.346. The van der Waals surface area contributed by atoms with E-state index in [0.29, 0.717) is 17.2 Å². The number of hydrogen-bond acceptors (Lipinski definition) is 3. The molecule has 0 radical (unpaired) electrons. The topological polar surface area (TPSA) is 56.7 Å². The maximum absolute atomic E-state index is 12.1. The number of halogens is 1. The molecule has 0 bridgehead atoms. The highest BCUT2D eigenvalue weighted by Gasteiger charge is 2.26. The minimum atomic E-state index is -0.669. The lowest BCUT2D eigenvalue weighted by molar-refractivity contribution is 0.183. The van der Waals surface area contributed by atoms with Gasteiger partial charge in [-0.05, 0) is 51.1 Å². The maximum Gasteiger partial charge on any atom is 0.191 e. The molecule has 1 saturated carbocycles. The van der Waals surface area contributed by atoms with Gasteiger partial charge in [0.05, 0.1) is 0 Å². The summed E-state index contributed by atoms with van der Waals surface area (Å²) in [6.45, 7) is 8.86. The van der Waals surface area contributed by atoms with Crippen molar-refractivity contribution in [2.45, 2.75) is 63.7 Å². The summed E-state index contributed by atoms with van der Waals surface area (Å²) >= 11 is 0. The molecular formula is C18H37IN4OS. The van der Waals surface area contributed by atoms with E-state index in [1.54, 1.807) is 0 Å². The van der Waals surface area contributed by atoms with E-state index in [0.717, 1.165) is 44.1 Å². The Morgan fingerprint density at radius 3 is 2.72 bits per heavy atom. The van der Waals surface area contributed by atoms with E-state index in [1.807, 2.05) is 14.0 Å². The van der Waals surface area contributed by atoms with Gasteiger partial charge in [0.1, 0.15) is 0 Å². The smallest absolute Gasteiger partial charge is 0.191 e. The number of nitrogens with zero attached hydrogens (tertiary/aromatic N) is 2. The van der Waals surface area contributed by atoms with Gasteiger partial charge in [-0.3, -0.25) is 9.20 Å². The van der Waals surface area contributed by atoms with E-state index < -0.39 is 10.8 Å². The van der Waals surface area contributed by atoms with Crippen molar-refractivity contribution in [1.82, 2.24) is 15.5 Å². The Hall–Kier alpha value is 0.110. The van der Waals surface area contributed by atoms with Crippen LogP contribution in [0.4, 0.5) is 0 Å². The van der Waals surface area contributed by atoms with Crippen LogP contribution in [0.1, 0.15) is 52.4 Å². The third-order valence-electron chi connectivity index (χ3n) is 5.46.